The number of aliphatic imine (C=N–C) groups is 1. The van der Waals surface area contributed by atoms with Crippen LogP contribution in [0.25, 0.3) is 0 Å². The number of guanidine groups is 1. The number of anilines is 2. The van der Waals surface area contributed by atoms with Crippen molar-refractivity contribution in [3.05, 3.63) is 53.1 Å². The Balaban J connectivity index is 1.39. The minimum Gasteiger partial charge on any atom is -0.378 e. The zero-order valence-corrected chi connectivity index (χ0v) is 20.8. The molecule has 9 heteroatoms. The fraction of sp³-hybridized carbons (Fsp3) is 0.375. The van der Waals surface area contributed by atoms with Crippen molar-refractivity contribution in [1.82, 2.24) is 15.5 Å². The molecule has 172 valence electrons. The molecule has 2 aliphatic heterocycles. The van der Waals surface area contributed by atoms with E-state index in [1.165, 1.54) is 0 Å². The van der Waals surface area contributed by atoms with Gasteiger partial charge in [0.05, 0.1) is 13.2 Å². The molecule has 5 rings (SSSR count). The molecule has 0 bridgehead atoms. The normalized spacial score (nSPS) is 17.9. The minimum atomic E-state index is -0.248. The average Bonchev–Trinajstić information content (AvgIpc) is 3.57. The van der Waals surface area contributed by atoms with Crippen LogP contribution in [0.3, 0.4) is 0 Å². The molecule has 0 unspecified atom stereocenters. The molecule has 3 N–H and O–H groups in total. The van der Waals surface area contributed by atoms with Crippen LogP contribution in [0.5, 0.6) is 0 Å². The van der Waals surface area contributed by atoms with Gasteiger partial charge in [0.15, 0.2) is 5.96 Å². The minimum absolute atomic E-state index is 0.0727. The molecule has 2 aromatic carbocycles. The van der Waals surface area contributed by atoms with Crippen LogP contribution >= 0.6 is 0 Å². The van der Waals surface area contributed by atoms with E-state index in [9.17, 15) is 9.59 Å². The highest BCUT2D eigenvalue weighted by Crippen LogP contribution is 2.44. The van der Waals surface area contributed by atoms with Crippen molar-refractivity contribution in [2.24, 2.45) is 4.99 Å². The van der Waals surface area contributed by atoms with E-state index in [0.717, 1.165) is 63.9 Å². The van der Waals surface area contributed by atoms with Crippen LogP contribution < -0.4 is 21.1 Å². The van der Waals surface area contributed by atoms with Crippen LogP contribution in [0, 0.1) is 0 Å². The molecule has 2 amide bonds. The summed E-state index contributed by atoms with van der Waals surface area (Å²) in [5, 5.41) is 10.8. The summed E-state index contributed by atoms with van der Waals surface area (Å²) in [5.41, 5.74) is 4.45. The molecule has 1 aliphatic carbocycles. The summed E-state index contributed by atoms with van der Waals surface area (Å²) in [6.07, 6.45) is 2.24. The fourth-order valence-electron chi connectivity index (χ4n) is 4.30. The Bertz CT molecular complexity index is 1100. The van der Waals surface area contributed by atoms with Gasteiger partial charge in [-0.15, -0.1) is 0 Å². The predicted octanol–water partition coefficient (Wildman–Crippen LogP) is 0.460. The van der Waals surface area contributed by atoms with Gasteiger partial charge in [-0.05, 0) is 59.8 Å². The lowest BCUT2D eigenvalue weighted by Gasteiger charge is -2.28. The summed E-state index contributed by atoms with van der Waals surface area (Å²) in [6, 6.07) is 11.6. The number of carbonyl (C=O) groups excluding carboxylic acids is 2. The quantitative estimate of drug-likeness (QED) is 0.558. The standard InChI is InChI=1S/C24H29N5O3Si/c30-22(28-24-25-8-9-26-24)16-6-7-19(18(14-16)15-4-5-15)27-20-3-1-2-17(21(20)33)23(31)29-10-12-32-13-11-29/h1-3,6-7,14-15,27H,4-5,8-13H2,33H3,(H2,25,26,28,30). The number of amides is 2. The highest BCUT2D eigenvalue weighted by Gasteiger charge is 2.28. The number of rotatable bonds is 5. The predicted molar refractivity (Wildman–Crippen MR) is 132 cm³/mol. The summed E-state index contributed by atoms with van der Waals surface area (Å²) in [4.78, 5) is 31.8. The van der Waals surface area contributed by atoms with Gasteiger partial charge in [0.25, 0.3) is 11.8 Å². The third kappa shape index (κ3) is 4.79. The molecule has 2 heterocycles. The highest BCUT2D eigenvalue weighted by atomic mass is 28.1. The lowest BCUT2D eigenvalue weighted by atomic mass is 10.0. The maximum absolute atomic E-state index is 13.1. The number of hydrogen-bond acceptors (Lipinski definition) is 4. The zero-order chi connectivity index (χ0) is 22.8. The lowest BCUT2D eigenvalue weighted by Crippen LogP contribution is -2.42. The summed E-state index contributed by atoms with van der Waals surface area (Å²) < 4.78 is 5.39. The van der Waals surface area contributed by atoms with E-state index >= 15 is 0 Å². The van der Waals surface area contributed by atoms with Crippen LogP contribution in [-0.2, 0) is 4.74 Å². The molecule has 1 saturated carbocycles. The first kappa shape index (κ1) is 21.7. The largest absolute Gasteiger partial charge is 0.378 e. The first-order valence-electron chi connectivity index (χ1n) is 11.6. The second kappa shape index (κ2) is 9.36. The first-order valence-corrected chi connectivity index (χ1v) is 12.6. The molecule has 2 saturated heterocycles. The van der Waals surface area contributed by atoms with Crippen LogP contribution in [0.1, 0.15) is 45.0 Å². The third-order valence-electron chi connectivity index (χ3n) is 6.37. The molecule has 0 radical (unpaired) electrons. The van der Waals surface area contributed by atoms with Crippen molar-refractivity contribution < 1.29 is 14.3 Å². The van der Waals surface area contributed by atoms with Gasteiger partial charge in [0.2, 0.25) is 0 Å². The van der Waals surface area contributed by atoms with Crippen molar-refractivity contribution >= 4 is 44.6 Å². The van der Waals surface area contributed by atoms with E-state index in [1.54, 1.807) is 0 Å². The number of nitrogens with zero attached hydrogens (tertiary/aromatic N) is 2. The molecular weight excluding hydrogens is 434 g/mol. The summed E-state index contributed by atoms with van der Waals surface area (Å²) >= 11 is 0. The first-order chi connectivity index (χ1) is 16.1. The number of nitrogens with one attached hydrogen (secondary N) is 3. The maximum Gasteiger partial charge on any atom is 0.280 e. The van der Waals surface area contributed by atoms with Crippen molar-refractivity contribution in [2.45, 2.75) is 18.8 Å². The second-order valence-electron chi connectivity index (χ2n) is 8.70. The maximum atomic E-state index is 13.1. The Morgan fingerprint density at radius 3 is 2.55 bits per heavy atom. The van der Waals surface area contributed by atoms with Crippen LogP contribution in [0.4, 0.5) is 11.4 Å². The second-order valence-corrected chi connectivity index (χ2v) is 9.70. The van der Waals surface area contributed by atoms with Gasteiger partial charge in [-0.2, -0.15) is 4.99 Å². The van der Waals surface area contributed by atoms with Crippen LogP contribution in [0.2, 0.25) is 0 Å². The number of benzene rings is 2. The van der Waals surface area contributed by atoms with E-state index in [1.807, 2.05) is 41.3 Å². The van der Waals surface area contributed by atoms with Gasteiger partial charge in [0.1, 0.15) is 0 Å². The fourth-order valence-corrected chi connectivity index (χ4v) is 4.97. The monoisotopic (exact) mass is 463 g/mol. The van der Waals surface area contributed by atoms with Gasteiger partial charge in [-0.1, -0.05) is 6.07 Å². The molecule has 2 aromatic rings. The SMILES string of the molecule is O=C(N=C1NCCN1)c1ccc(Nc2cccc(C(=O)N3CCOCC3)c2[SiH3])c(C2CC2)c1. The van der Waals surface area contributed by atoms with Crippen molar-refractivity contribution in [3.8, 4) is 0 Å². The van der Waals surface area contributed by atoms with E-state index in [2.05, 4.69) is 20.9 Å². The van der Waals surface area contributed by atoms with Gasteiger partial charge in [0, 0.05) is 58.9 Å². The molecule has 0 spiro atoms. The van der Waals surface area contributed by atoms with Gasteiger partial charge >= 0.3 is 0 Å². The molecule has 0 atom stereocenters. The van der Waals surface area contributed by atoms with E-state index < -0.39 is 0 Å². The lowest BCUT2D eigenvalue weighted by molar-refractivity contribution is 0.0304. The molecule has 3 fully saturated rings. The van der Waals surface area contributed by atoms with Crippen molar-refractivity contribution in [2.75, 3.05) is 44.7 Å². The smallest absolute Gasteiger partial charge is 0.280 e. The Morgan fingerprint density at radius 2 is 1.82 bits per heavy atom. The van der Waals surface area contributed by atoms with Crippen LogP contribution in [-0.4, -0.2) is 72.3 Å². The summed E-state index contributed by atoms with van der Waals surface area (Å²) in [7, 11) is 0.739. The van der Waals surface area contributed by atoms with Gasteiger partial charge < -0.3 is 25.6 Å². The molecule has 0 aromatic heterocycles. The molecule has 33 heavy (non-hydrogen) atoms. The topological polar surface area (TPSA) is 95.1 Å². The number of morpholine rings is 1. The molecule has 8 nitrogen and oxygen atoms in total. The highest BCUT2D eigenvalue weighted by molar-refractivity contribution is 6.40. The van der Waals surface area contributed by atoms with E-state index in [-0.39, 0.29) is 11.8 Å². The number of carbonyl (C=O) groups is 2. The third-order valence-corrected chi connectivity index (χ3v) is 7.45. The van der Waals surface area contributed by atoms with Gasteiger partial charge in [-0.3, -0.25) is 9.59 Å². The summed E-state index contributed by atoms with van der Waals surface area (Å²) in [6.45, 7) is 4.00. The zero-order valence-electron chi connectivity index (χ0n) is 18.8. The van der Waals surface area contributed by atoms with E-state index in [4.69, 9.17) is 4.74 Å². The van der Waals surface area contributed by atoms with E-state index in [0.29, 0.717) is 43.7 Å². The number of hydrogen-bond donors (Lipinski definition) is 3. The summed E-state index contributed by atoms with van der Waals surface area (Å²) in [5.74, 6) is 0.814. The van der Waals surface area contributed by atoms with Crippen molar-refractivity contribution in [1.29, 1.82) is 0 Å². The molecule has 3 aliphatic rings. The van der Waals surface area contributed by atoms with Gasteiger partial charge in [-0.25, -0.2) is 0 Å². The Hall–Kier alpha value is -3.17. The van der Waals surface area contributed by atoms with Crippen molar-refractivity contribution in [3.63, 3.8) is 0 Å². The average molecular weight is 464 g/mol. The Morgan fingerprint density at radius 1 is 1.06 bits per heavy atom. The number of ether oxygens (including phenoxy) is 1. The Labute approximate surface area is 196 Å². The Kier molecular flexibility index (Phi) is 6.15. The van der Waals surface area contributed by atoms with Crippen LogP contribution in [0.15, 0.2) is 41.4 Å². The molecular formula is C24H29N5O3Si.